The maximum Gasteiger partial charge on any atom is 0.282 e. The Hall–Kier alpha value is -3.96. The SMILES string of the molecule is O=c1[nH]cnc2nc(N/N=C/c3cc4c(cc3[N+](=O)[O-])OCO4)[nH]c12. The minimum atomic E-state index is -0.548. The number of rotatable bonds is 4. The van der Waals surface area contributed by atoms with Crippen LogP contribution in [0, 0.1) is 10.1 Å². The summed E-state index contributed by atoms with van der Waals surface area (Å²) in [6.45, 7) is 0.00582. The molecular weight excluding hydrogens is 334 g/mol. The van der Waals surface area contributed by atoms with Crippen LogP contribution in [0.2, 0.25) is 0 Å². The lowest BCUT2D eigenvalue weighted by Gasteiger charge is -2.00. The van der Waals surface area contributed by atoms with Crippen LogP contribution in [-0.2, 0) is 0 Å². The number of anilines is 1. The van der Waals surface area contributed by atoms with Crippen molar-refractivity contribution in [1.82, 2.24) is 19.9 Å². The molecule has 0 saturated carbocycles. The molecule has 0 bridgehead atoms. The van der Waals surface area contributed by atoms with Crippen LogP contribution >= 0.6 is 0 Å². The second-order valence-corrected chi connectivity index (χ2v) is 4.91. The third-order valence-electron chi connectivity index (χ3n) is 3.39. The number of nitro benzene ring substituents is 1. The minimum Gasteiger partial charge on any atom is -0.454 e. The number of nitro groups is 1. The first-order valence-corrected chi connectivity index (χ1v) is 6.92. The summed E-state index contributed by atoms with van der Waals surface area (Å²) >= 11 is 0. The zero-order chi connectivity index (χ0) is 17.4. The van der Waals surface area contributed by atoms with Crippen molar-refractivity contribution >= 4 is 29.0 Å². The molecule has 0 radical (unpaired) electrons. The molecular formula is C13H9N7O5. The molecule has 1 aliphatic rings. The molecule has 12 nitrogen and oxygen atoms in total. The highest BCUT2D eigenvalue weighted by Gasteiger charge is 2.22. The van der Waals surface area contributed by atoms with Crippen molar-refractivity contribution in [2.75, 3.05) is 12.2 Å². The van der Waals surface area contributed by atoms with Gasteiger partial charge in [-0.05, 0) is 6.07 Å². The Bertz CT molecular complexity index is 1070. The van der Waals surface area contributed by atoms with E-state index in [9.17, 15) is 14.9 Å². The van der Waals surface area contributed by atoms with Gasteiger partial charge in [-0.25, -0.2) is 10.4 Å². The Balaban J connectivity index is 1.62. The van der Waals surface area contributed by atoms with Crippen LogP contribution in [0.15, 0.2) is 28.4 Å². The molecule has 1 aromatic carbocycles. The topological polar surface area (TPSA) is 160 Å². The lowest BCUT2D eigenvalue weighted by molar-refractivity contribution is -0.385. The van der Waals surface area contributed by atoms with E-state index in [4.69, 9.17) is 9.47 Å². The van der Waals surface area contributed by atoms with Gasteiger partial charge in [0.15, 0.2) is 22.7 Å². The van der Waals surface area contributed by atoms with Crippen LogP contribution in [-0.4, -0.2) is 37.9 Å². The molecule has 0 unspecified atom stereocenters. The summed E-state index contributed by atoms with van der Waals surface area (Å²) in [7, 11) is 0. The lowest BCUT2D eigenvalue weighted by Crippen LogP contribution is -2.05. The van der Waals surface area contributed by atoms with Gasteiger partial charge in [-0.1, -0.05) is 0 Å². The molecule has 12 heteroatoms. The molecule has 3 N–H and O–H groups in total. The molecule has 0 fully saturated rings. The number of aromatic nitrogens is 4. The Morgan fingerprint density at radius 2 is 2.16 bits per heavy atom. The van der Waals surface area contributed by atoms with Crippen molar-refractivity contribution in [1.29, 1.82) is 0 Å². The summed E-state index contributed by atoms with van der Waals surface area (Å²) < 4.78 is 10.3. The number of aromatic amines is 2. The van der Waals surface area contributed by atoms with Crippen molar-refractivity contribution in [3.8, 4) is 11.5 Å². The molecule has 3 aromatic rings. The highest BCUT2D eigenvalue weighted by Crippen LogP contribution is 2.37. The lowest BCUT2D eigenvalue weighted by atomic mass is 10.1. The van der Waals surface area contributed by atoms with Gasteiger partial charge in [-0.2, -0.15) is 10.1 Å². The van der Waals surface area contributed by atoms with Gasteiger partial charge in [-0.3, -0.25) is 14.9 Å². The van der Waals surface area contributed by atoms with Gasteiger partial charge in [-0.15, -0.1) is 0 Å². The van der Waals surface area contributed by atoms with E-state index in [1.165, 1.54) is 24.7 Å². The van der Waals surface area contributed by atoms with Crippen molar-refractivity contribution in [2.24, 2.45) is 5.10 Å². The zero-order valence-electron chi connectivity index (χ0n) is 12.3. The normalized spacial score (nSPS) is 12.8. The van der Waals surface area contributed by atoms with Crippen LogP contribution in [0.25, 0.3) is 11.2 Å². The fourth-order valence-electron chi connectivity index (χ4n) is 2.26. The Morgan fingerprint density at radius 1 is 1.36 bits per heavy atom. The van der Waals surface area contributed by atoms with Gasteiger partial charge in [0.25, 0.3) is 11.2 Å². The molecule has 0 spiro atoms. The van der Waals surface area contributed by atoms with E-state index in [1.807, 2.05) is 0 Å². The predicted octanol–water partition coefficient (Wildman–Crippen LogP) is 0.729. The van der Waals surface area contributed by atoms with E-state index in [0.717, 1.165) is 0 Å². The van der Waals surface area contributed by atoms with Gasteiger partial charge in [0.2, 0.25) is 12.7 Å². The highest BCUT2D eigenvalue weighted by atomic mass is 16.7. The number of benzene rings is 1. The molecule has 2 aromatic heterocycles. The number of fused-ring (bicyclic) bond motifs is 2. The summed E-state index contributed by atoms with van der Waals surface area (Å²) in [5, 5.41) is 15.1. The summed E-state index contributed by atoms with van der Waals surface area (Å²) in [4.78, 5) is 35.2. The second kappa shape index (κ2) is 5.59. The molecule has 4 rings (SSSR count). The van der Waals surface area contributed by atoms with Crippen LogP contribution < -0.4 is 20.5 Å². The first kappa shape index (κ1) is 14.6. The summed E-state index contributed by atoms with van der Waals surface area (Å²) in [5.41, 5.74) is 2.63. The maximum atomic E-state index is 11.6. The molecule has 126 valence electrons. The zero-order valence-corrected chi connectivity index (χ0v) is 12.3. The fourth-order valence-corrected chi connectivity index (χ4v) is 2.26. The second-order valence-electron chi connectivity index (χ2n) is 4.91. The quantitative estimate of drug-likeness (QED) is 0.355. The van der Waals surface area contributed by atoms with E-state index >= 15 is 0 Å². The predicted molar refractivity (Wildman–Crippen MR) is 84.9 cm³/mol. The van der Waals surface area contributed by atoms with Crippen LogP contribution in [0.3, 0.4) is 0 Å². The molecule has 0 atom stereocenters. The van der Waals surface area contributed by atoms with E-state index < -0.39 is 4.92 Å². The van der Waals surface area contributed by atoms with Crippen molar-refractivity contribution in [2.45, 2.75) is 0 Å². The number of imidazole rings is 1. The monoisotopic (exact) mass is 343 g/mol. The fraction of sp³-hybridized carbons (Fsp3) is 0.0769. The number of nitrogens with one attached hydrogen (secondary N) is 3. The molecule has 0 saturated heterocycles. The van der Waals surface area contributed by atoms with Crippen molar-refractivity contribution < 1.29 is 14.4 Å². The summed E-state index contributed by atoms with van der Waals surface area (Å²) in [5.74, 6) is 0.866. The maximum absolute atomic E-state index is 11.6. The van der Waals surface area contributed by atoms with E-state index in [0.29, 0.717) is 11.5 Å². The minimum absolute atomic E-state index is 0.00582. The molecule has 3 heterocycles. The van der Waals surface area contributed by atoms with Gasteiger partial charge >= 0.3 is 0 Å². The van der Waals surface area contributed by atoms with Crippen LogP contribution in [0.5, 0.6) is 11.5 Å². The number of hydrogen-bond donors (Lipinski definition) is 3. The number of hydrogen-bond acceptors (Lipinski definition) is 9. The number of ether oxygens (including phenoxy) is 2. The molecule has 0 amide bonds. The van der Waals surface area contributed by atoms with Crippen molar-refractivity contribution in [3.63, 3.8) is 0 Å². The number of H-pyrrole nitrogens is 2. The van der Waals surface area contributed by atoms with Gasteiger partial charge in [0, 0.05) is 0 Å². The first-order chi connectivity index (χ1) is 12.1. The third-order valence-corrected chi connectivity index (χ3v) is 3.39. The molecule has 1 aliphatic heterocycles. The highest BCUT2D eigenvalue weighted by molar-refractivity contribution is 5.87. The average molecular weight is 343 g/mol. The Morgan fingerprint density at radius 3 is 2.92 bits per heavy atom. The van der Waals surface area contributed by atoms with Gasteiger partial charge in [0.05, 0.1) is 29.1 Å². The smallest absolute Gasteiger partial charge is 0.282 e. The van der Waals surface area contributed by atoms with Gasteiger partial charge < -0.3 is 19.4 Å². The summed E-state index contributed by atoms with van der Waals surface area (Å²) in [6.07, 6.45) is 2.47. The number of nitrogens with zero attached hydrogens (tertiary/aromatic N) is 4. The molecule has 25 heavy (non-hydrogen) atoms. The number of hydrazone groups is 1. The average Bonchev–Trinajstić information content (AvgIpc) is 3.20. The largest absolute Gasteiger partial charge is 0.454 e. The van der Waals surface area contributed by atoms with Crippen molar-refractivity contribution in [3.05, 3.63) is 44.5 Å². The third kappa shape index (κ3) is 2.60. The van der Waals surface area contributed by atoms with E-state index in [1.54, 1.807) is 0 Å². The van der Waals surface area contributed by atoms with Crippen LogP contribution in [0.1, 0.15) is 5.56 Å². The summed E-state index contributed by atoms with van der Waals surface area (Å²) in [6, 6.07) is 2.73. The standard InChI is InChI=1S/C13H9N7O5/c21-12-10-11(14-4-15-12)18-13(17-10)19-16-3-6-1-8-9(25-5-24-8)2-7(6)20(22)23/h1-4H,5H2,(H3,14,15,17,18,19,21)/b16-3+. The van der Waals surface area contributed by atoms with Crippen LogP contribution in [0.4, 0.5) is 11.6 Å². The molecule has 0 aliphatic carbocycles. The van der Waals surface area contributed by atoms with E-state index in [-0.39, 0.29) is 40.7 Å². The first-order valence-electron chi connectivity index (χ1n) is 6.92. The van der Waals surface area contributed by atoms with Gasteiger partial charge in [0.1, 0.15) is 0 Å². The Kier molecular flexibility index (Phi) is 3.27. The Labute approximate surface area is 137 Å². The van der Waals surface area contributed by atoms with E-state index in [2.05, 4.69) is 30.5 Å².